The summed E-state index contributed by atoms with van der Waals surface area (Å²) in [5.41, 5.74) is 8.01. The van der Waals surface area contributed by atoms with E-state index in [0.717, 1.165) is 43.2 Å². The van der Waals surface area contributed by atoms with E-state index in [2.05, 4.69) is 13.8 Å². The smallest absolute Gasteiger partial charge is 0.377 e. The molecule has 0 heterocycles. The van der Waals surface area contributed by atoms with Crippen LogP contribution in [0.4, 0.5) is 0 Å². The Hall–Kier alpha value is -1.46. The van der Waals surface area contributed by atoms with Crippen molar-refractivity contribution < 1.29 is 23.8 Å². The minimum absolute atomic E-state index is 0.326. The summed E-state index contributed by atoms with van der Waals surface area (Å²) < 4.78 is 11.6. The Kier molecular flexibility index (Phi) is 16.3. The lowest BCUT2D eigenvalue weighted by Crippen LogP contribution is -2.56. The number of rotatable bonds is 20. The molecule has 0 bridgehead atoms. The molecule has 6 heteroatoms. The molecule has 0 radical (unpaired) electrons. The van der Waals surface area contributed by atoms with Gasteiger partial charge in [-0.15, -0.1) is 0 Å². The Bertz CT molecular complexity index is 498. The predicted octanol–water partition coefficient (Wildman–Crippen LogP) is 7.17. The van der Waals surface area contributed by atoms with Crippen molar-refractivity contribution in [2.24, 2.45) is 0 Å². The molecular weight excluding hydrogens is 404 g/mol. The van der Waals surface area contributed by atoms with Crippen LogP contribution in [0.25, 0.3) is 5.53 Å². The maximum atomic E-state index is 12.6. The summed E-state index contributed by atoms with van der Waals surface area (Å²) in [7, 11) is 0. The average Bonchev–Trinajstić information content (AvgIpc) is 2.76. The van der Waals surface area contributed by atoms with Gasteiger partial charge in [0.1, 0.15) is 0 Å². The summed E-state index contributed by atoms with van der Waals surface area (Å²) in [6, 6.07) is 0. The number of hydrogen-bond donors (Lipinski definition) is 0. The molecule has 32 heavy (non-hydrogen) atoms. The van der Waals surface area contributed by atoms with Crippen molar-refractivity contribution in [3.05, 3.63) is 5.53 Å². The van der Waals surface area contributed by atoms with Gasteiger partial charge >= 0.3 is 11.9 Å². The van der Waals surface area contributed by atoms with Gasteiger partial charge in [-0.3, -0.25) is 4.70 Å². The first kappa shape index (κ1) is 30.5. The highest BCUT2D eigenvalue weighted by atomic mass is 16.5. The van der Waals surface area contributed by atoms with Crippen LogP contribution in [-0.4, -0.2) is 40.9 Å². The summed E-state index contributed by atoms with van der Waals surface area (Å²) in [6.07, 6.45) is 15.9. The number of nitrogens with zero attached hydrogens (tertiary/aromatic N) is 2. The molecule has 6 nitrogen and oxygen atoms in total. The third-order valence-corrected chi connectivity index (χ3v) is 6.02. The van der Waals surface area contributed by atoms with E-state index in [4.69, 9.17) is 9.47 Å². The molecule has 0 amide bonds. The van der Waals surface area contributed by atoms with Crippen LogP contribution >= 0.6 is 0 Å². The maximum Gasteiger partial charge on any atom is 0.377 e. The van der Waals surface area contributed by atoms with Gasteiger partial charge in [0.05, 0.1) is 13.2 Å². The van der Waals surface area contributed by atoms with Crippen LogP contribution in [0.3, 0.4) is 0 Å². The second-order valence-corrected chi connectivity index (χ2v) is 9.94. The first-order chi connectivity index (χ1) is 15.1. The molecular formula is C26H50N2O4. The number of carbonyl (C=O) groups is 2. The van der Waals surface area contributed by atoms with Gasteiger partial charge in [-0.25, -0.2) is 9.59 Å². The third kappa shape index (κ3) is 12.0. The number of ether oxygens (including phenoxy) is 2. The van der Waals surface area contributed by atoms with Crippen LogP contribution < -0.4 is 0 Å². The molecule has 188 valence electrons. The van der Waals surface area contributed by atoms with E-state index in [1.54, 1.807) is 27.7 Å². The minimum atomic E-state index is -1.36. The fourth-order valence-corrected chi connectivity index (χ4v) is 3.67. The van der Waals surface area contributed by atoms with E-state index < -0.39 is 23.0 Å². The molecule has 0 N–H and O–H groups in total. The van der Waals surface area contributed by atoms with E-state index in [-0.39, 0.29) is 0 Å². The zero-order valence-corrected chi connectivity index (χ0v) is 21.8. The van der Waals surface area contributed by atoms with Crippen molar-refractivity contribution in [3.8, 4) is 0 Å². The van der Waals surface area contributed by atoms with E-state index in [0.29, 0.717) is 13.2 Å². The van der Waals surface area contributed by atoms with Gasteiger partial charge in [-0.1, -0.05) is 90.9 Å². The molecule has 0 aliphatic heterocycles. The Balaban J connectivity index is 4.33. The van der Waals surface area contributed by atoms with Crippen LogP contribution in [-0.2, 0) is 19.1 Å². The fourth-order valence-electron chi connectivity index (χ4n) is 3.67. The minimum Gasteiger partial charge on any atom is -0.505 e. The lowest BCUT2D eigenvalue weighted by atomic mass is 9.96. The lowest BCUT2D eigenvalue weighted by molar-refractivity contribution is -0.657. The van der Waals surface area contributed by atoms with Gasteiger partial charge in [0.15, 0.2) is 0 Å². The van der Waals surface area contributed by atoms with Gasteiger partial charge in [-0.05, 0) is 12.8 Å². The number of esters is 2. The predicted molar refractivity (Wildman–Crippen MR) is 130 cm³/mol. The fraction of sp³-hybridized carbons (Fsp3) is 0.923. The normalized spacial score (nSPS) is 11.9. The topological polar surface area (TPSA) is 77.9 Å². The summed E-state index contributed by atoms with van der Waals surface area (Å²) in [6.45, 7) is 11.3. The zero-order chi connectivity index (χ0) is 24.5. The average molecular weight is 455 g/mol. The number of unbranched alkanes of at least 4 members (excludes halogenated alkanes) is 12. The summed E-state index contributed by atoms with van der Waals surface area (Å²) in [5, 5.41) is 0. The molecule has 0 aromatic heterocycles. The zero-order valence-electron chi connectivity index (χ0n) is 21.8. The van der Waals surface area contributed by atoms with E-state index in [1.807, 2.05) is 0 Å². The highest BCUT2D eigenvalue weighted by Gasteiger charge is 2.49. The first-order valence-electron chi connectivity index (χ1n) is 13.0. The first-order valence-corrected chi connectivity index (χ1v) is 13.0. The second-order valence-electron chi connectivity index (χ2n) is 9.94. The monoisotopic (exact) mass is 454 g/mol. The van der Waals surface area contributed by atoms with Crippen LogP contribution in [0, 0.1) is 0 Å². The largest absolute Gasteiger partial charge is 0.505 e. The van der Waals surface area contributed by atoms with Gasteiger partial charge < -0.3 is 15.0 Å². The van der Waals surface area contributed by atoms with Crippen molar-refractivity contribution >= 4 is 11.9 Å². The molecule has 0 fully saturated rings. The Labute approximate surface area is 197 Å². The molecule has 0 aromatic carbocycles. The van der Waals surface area contributed by atoms with Crippen molar-refractivity contribution in [3.63, 3.8) is 0 Å². The molecule has 0 aliphatic rings. The lowest BCUT2D eigenvalue weighted by Gasteiger charge is -2.33. The molecule has 0 saturated heterocycles. The molecule has 0 spiro atoms. The molecule has 0 aliphatic carbocycles. The standard InChI is InChI=1S/C26H50N2O4/c1-7-9-11-13-15-17-19-21-31-23(29)25(3,4)28(27)26(5,6)24(30)32-22-20-18-16-14-12-10-8-2/h7-22H2,1-6H3. The summed E-state index contributed by atoms with van der Waals surface area (Å²) in [5.74, 6) is -1.09. The molecule has 0 unspecified atom stereocenters. The maximum absolute atomic E-state index is 12.6. The van der Waals surface area contributed by atoms with Crippen molar-refractivity contribution in [2.45, 2.75) is 143 Å². The van der Waals surface area contributed by atoms with E-state index in [9.17, 15) is 15.1 Å². The quantitative estimate of drug-likeness (QED) is 0.0845. The molecule has 0 atom stereocenters. The summed E-state index contributed by atoms with van der Waals surface area (Å²) >= 11 is 0. The van der Waals surface area contributed by atoms with Crippen molar-refractivity contribution in [2.75, 3.05) is 13.2 Å². The van der Waals surface area contributed by atoms with Crippen LogP contribution in [0.1, 0.15) is 131 Å². The van der Waals surface area contributed by atoms with Crippen LogP contribution in [0.2, 0.25) is 0 Å². The van der Waals surface area contributed by atoms with Gasteiger partial charge in [-0.2, -0.15) is 0 Å². The SMILES string of the molecule is CCCCCCCCCOC(=O)C(C)(C)[N+](=[N-])C(C)(C)C(=O)OCCCCCCCCC. The van der Waals surface area contributed by atoms with Gasteiger partial charge in [0.2, 0.25) is 11.1 Å². The van der Waals surface area contributed by atoms with Gasteiger partial charge in [0, 0.05) is 27.7 Å². The Morgan fingerprint density at radius 3 is 1.19 bits per heavy atom. The second kappa shape index (κ2) is 17.1. The van der Waals surface area contributed by atoms with Crippen LogP contribution in [0.15, 0.2) is 0 Å². The number of carbonyl (C=O) groups excluding carboxylic acids is 2. The number of hydrogen-bond acceptors (Lipinski definition) is 4. The van der Waals surface area contributed by atoms with E-state index in [1.165, 1.54) is 51.4 Å². The Morgan fingerprint density at radius 2 is 0.875 bits per heavy atom. The highest BCUT2D eigenvalue weighted by Crippen LogP contribution is 2.23. The van der Waals surface area contributed by atoms with Gasteiger partial charge in [0.25, 0.3) is 0 Å². The van der Waals surface area contributed by atoms with Crippen molar-refractivity contribution in [1.29, 1.82) is 0 Å². The van der Waals surface area contributed by atoms with Crippen molar-refractivity contribution in [1.82, 2.24) is 0 Å². The third-order valence-electron chi connectivity index (χ3n) is 6.02. The molecule has 0 aromatic rings. The molecule has 0 saturated carbocycles. The molecule has 0 rings (SSSR count). The van der Waals surface area contributed by atoms with Crippen LogP contribution in [0.5, 0.6) is 0 Å². The Morgan fingerprint density at radius 1 is 0.594 bits per heavy atom. The van der Waals surface area contributed by atoms with E-state index >= 15 is 0 Å². The highest BCUT2D eigenvalue weighted by molar-refractivity contribution is 5.81. The summed E-state index contributed by atoms with van der Waals surface area (Å²) in [4.78, 5) is 25.2.